The molecule has 42 heavy (non-hydrogen) atoms. The first-order valence-electron chi connectivity index (χ1n) is 14.1. The van der Waals surface area contributed by atoms with E-state index in [2.05, 4.69) is 55.2 Å². The molecule has 1 fully saturated rings. The summed E-state index contributed by atoms with van der Waals surface area (Å²) < 4.78 is 19.1. The SMILES string of the molecule is CC[Si](CC)(CC)O[C@H](C)[C@H]1C(=O)N2C(C(=O)Oc3ccc([N+](=O)[O-])cc3)=C(C#CCOc3ccccc3I)[C@H](C)[C@H]12. The standard InChI is InChI=1S/C31H35IN2O7Si/c1-6-42(7-2,8-3)41-21(5)27-28-20(4)24(12-11-19-39-26-14-10-9-13-25(26)32)29(33(28)30(27)35)31(36)40-23-17-15-22(16-18-23)34(37)38/h9-10,13-18,20-21,27-28H,6-8,19H2,1-5H3/t20-,21+,27+,28+/m0/s1. The summed E-state index contributed by atoms with van der Waals surface area (Å²) in [4.78, 5) is 39.2. The molecule has 0 spiro atoms. The summed E-state index contributed by atoms with van der Waals surface area (Å²) >= 11 is 2.19. The molecule has 0 aliphatic carbocycles. The smallest absolute Gasteiger partial charge is 0.361 e. The molecule has 2 aromatic carbocycles. The van der Waals surface area contributed by atoms with Gasteiger partial charge in [0.2, 0.25) is 5.91 Å². The lowest BCUT2D eigenvalue weighted by Gasteiger charge is -2.49. The summed E-state index contributed by atoms with van der Waals surface area (Å²) in [6.07, 6.45) is -0.296. The number of para-hydroxylation sites is 1. The number of ether oxygens (including phenoxy) is 2. The van der Waals surface area contributed by atoms with Gasteiger partial charge in [-0.2, -0.15) is 0 Å². The first-order chi connectivity index (χ1) is 20.1. The summed E-state index contributed by atoms with van der Waals surface area (Å²) in [5.41, 5.74) is 0.487. The van der Waals surface area contributed by atoms with Gasteiger partial charge in [-0.05, 0) is 71.9 Å². The van der Waals surface area contributed by atoms with Crippen molar-refractivity contribution in [2.75, 3.05) is 6.61 Å². The van der Waals surface area contributed by atoms with E-state index in [0.29, 0.717) is 11.3 Å². The van der Waals surface area contributed by atoms with Crippen LogP contribution in [0.5, 0.6) is 11.5 Å². The number of hydrogen-bond donors (Lipinski definition) is 0. The molecule has 2 aliphatic rings. The maximum atomic E-state index is 13.6. The molecule has 2 heterocycles. The van der Waals surface area contributed by atoms with Crippen LogP contribution in [0.25, 0.3) is 0 Å². The number of fused-ring (bicyclic) bond motifs is 1. The van der Waals surface area contributed by atoms with Crippen LogP contribution in [0.4, 0.5) is 5.69 Å². The Morgan fingerprint density at radius 1 is 1.12 bits per heavy atom. The fraction of sp³-hybridized carbons (Fsp3) is 0.419. The second-order valence-electron chi connectivity index (χ2n) is 10.5. The molecule has 0 saturated carbocycles. The zero-order chi connectivity index (χ0) is 30.6. The van der Waals surface area contributed by atoms with Crippen molar-refractivity contribution >= 4 is 48.5 Å². The van der Waals surface area contributed by atoms with Crippen LogP contribution in [-0.4, -0.2) is 48.8 Å². The average Bonchev–Trinajstić information content (AvgIpc) is 3.23. The Balaban J connectivity index is 1.61. The number of hydrogen-bond acceptors (Lipinski definition) is 7. The lowest BCUT2D eigenvalue weighted by molar-refractivity contribution is -0.384. The number of benzene rings is 2. The summed E-state index contributed by atoms with van der Waals surface area (Å²) in [5.74, 6) is 5.41. The quantitative estimate of drug-likeness (QED) is 0.0394. The Labute approximate surface area is 261 Å². The van der Waals surface area contributed by atoms with Gasteiger partial charge in [-0.1, -0.05) is 51.7 Å². The van der Waals surface area contributed by atoms with Crippen molar-refractivity contribution in [1.82, 2.24) is 4.90 Å². The van der Waals surface area contributed by atoms with Gasteiger partial charge in [-0.25, -0.2) is 4.79 Å². The van der Waals surface area contributed by atoms with Gasteiger partial charge < -0.3 is 18.8 Å². The van der Waals surface area contributed by atoms with E-state index in [9.17, 15) is 19.7 Å². The van der Waals surface area contributed by atoms with E-state index in [0.717, 1.165) is 21.7 Å². The fourth-order valence-corrected chi connectivity index (χ4v) is 9.25. The third-order valence-corrected chi connectivity index (χ3v) is 14.0. The number of carbonyl (C=O) groups excluding carboxylic acids is 2. The van der Waals surface area contributed by atoms with Gasteiger partial charge in [0.15, 0.2) is 8.32 Å². The van der Waals surface area contributed by atoms with Crippen molar-refractivity contribution in [2.45, 2.75) is 64.9 Å². The number of non-ortho nitro benzene ring substituents is 1. The molecular weight excluding hydrogens is 667 g/mol. The van der Waals surface area contributed by atoms with Gasteiger partial charge in [0.25, 0.3) is 5.69 Å². The highest BCUT2D eigenvalue weighted by Crippen LogP contribution is 2.48. The minimum absolute atomic E-state index is 0.0973. The normalized spacial score (nSPS) is 20.3. The van der Waals surface area contributed by atoms with E-state index < -0.39 is 25.1 Å². The number of carbonyl (C=O) groups is 2. The van der Waals surface area contributed by atoms with Gasteiger partial charge in [-0.15, -0.1) is 0 Å². The zero-order valence-electron chi connectivity index (χ0n) is 24.4. The van der Waals surface area contributed by atoms with Gasteiger partial charge in [-0.3, -0.25) is 14.9 Å². The number of nitro benzene ring substituents is 1. The number of rotatable bonds is 11. The fourth-order valence-electron chi connectivity index (χ4n) is 5.77. The molecule has 0 bridgehead atoms. The van der Waals surface area contributed by atoms with Crippen molar-refractivity contribution in [3.05, 3.63) is 73.5 Å². The Morgan fingerprint density at radius 2 is 1.76 bits per heavy atom. The third-order valence-electron chi connectivity index (χ3n) is 8.34. The second kappa shape index (κ2) is 13.4. The van der Waals surface area contributed by atoms with Crippen LogP contribution in [0.2, 0.25) is 18.1 Å². The maximum Gasteiger partial charge on any atom is 0.361 e. The molecule has 9 nitrogen and oxygen atoms in total. The average molecular weight is 703 g/mol. The highest BCUT2D eigenvalue weighted by molar-refractivity contribution is 14.1. The summed E-state index contributed by atoms with van der Waals surface area (Å²) in [6, 6.07) is 15.4. The van der Waals surface area contributed by atoms with Crippen molar-refractivity contribution in [3.63, 3.8) is 0 Å². The first-order valence-corrected chi connectivity index (χ1v) is 17.8. The highest BCUT2D eigenvalue weighted by atomic mass is 127. The molecular formula is C31H35IN2O7Si. The minimum atomic E-state index is -1.97. The Morgan fingerprint density at radius 3 is 2.36 bits per heavy atom. The number of amides is 1. The van der Waals surface area contributed by atoms with Gasteiger partial charge in [0.1, 0.15) is 23.8 Å². The summed E-state index contributed by atoms with van der Waals surface area (Å²) in [7, 11) is -1.97. The second-order valence-corrected chi connectivity index (χ2v) is 16.4. The van der Waals surface area contributed by atoms with Crippen LogP contribution in [0, 0.1) is 37.4 Å². The van der Waals surface area contributed by atoms with Crippen LogP contribution in [-0.2, 0) is 14.0 Å². The van der Waals surface area contributed by atoms with E-state index in [1.54, 1.807) is 0 Å². The maximum absolute atomic E-state index is 13.6. The molecule has 0 radical (unpaired) electrons. The van der Waals surface area contributed by atoms with E-state index in [1.165, 1.54) is 29.2 Å². The van der Waals surface area contributed by atoms with Gasteiger partial charge >= 0.3 is 5.97 Å². The number of esters is 1. The molecule has 1 saturated heterocycles. The monoisotopic (exact) mass is 702 g/mol. The van der Waals surface area contributed by atoms with Crippen molar-refractivity contribution in [2.24, 2.45) is 11.8 Å². The molecule has 0 unspecified atom stereocenters. The Hall–Kier alpha value is -3.21. The number of nitro groups is 1. The van der Waals surface area contributed by atoms with E-state index >= 15 is 0 Å². The van der Waals surface area contributed by atoms with E-state index in [1.807, 2.05) is 38.1 Å². The van der Waals surface area contributed by atoms with Crippen molar-refractivity contribution in [3.8, 4) is 23.3 Å². The largest absolute Gasteiger partial charge is 0.480 e. The molecule has 1 amide bonds. The van der Waals surface area contributed by atoms with Crippen LogP contribution in [0.3, 0.4) is 0 Å². The van der Waals surface area contributed by atoms with Crippen LogP contribution < -0.4 is 9.47 Å². The molecule has 0 N–H and O–H groups in total. The van der Waals surface area contributed by atoms with Gasteiger partial charge in [0, 0.05) is 23.6 Å². The molecule has 2 aromatic rings. The van der Waals surface area contributed by atoms with E-state index in [-0.39, 0.29) is 47.7 Å². The molecule has 4 rings (SSSR count). The van der Waals surface area contributed by atoms with Gasteiger partial charge in [0.05, 0.1) is 26.6 Å². The van der Waals surface area contributed by atoms with Crippen LogP contribution in [0.15, 0.2) is 59.8 Å². The topological polar surface area (TPSA) is 108 Å². The molecule has 0 aromatic heterocycles. The lowest BCUT2D eigenvalue weighted by Crippen LogP contribution is -2.65. The number of β-lactam (4-membered cyclic amide) rings is 1. The molecule has 11 heteroatoms. The molecule has 2 aliphatic heterocycles. The molecule has 4 atom stereocenters. The van der Waals surface area contributed by atoms with E-state index in [4.69, 9.17) is 13.9 Å². The van der Waals surface area contributed by atoms with Crippen LogP contribution >= 0.6 is 22.6 Å². The zero-order valence-corrected chi connectivity index (χ0v) is 27.5. The van der Waals surface area contributed by atoms with Crippen molar-refractivity contribution in [1.29, 1.82) is 0 Å². The summed E-state index contributed by atoms with van der Waals surface area (Å²) in [5, 5.41) is 11.0. The Kier molecular flexibility index (Phi) is 10.1. The van der Waals surface area contributed by atoms with Crippen LogP contribution in [0.1, 0.15) is 34.6 Å². The Bertz CT molecular complexity index is 1440. The third kappa shape index (κ3) is 6.26. The summed E-state index contributed by atoms with van der Waals surface area (Å²) in [6.45, 7) is 10.5. The predicted molar refractivity (Wildman–Crippen MR) is 169 cm³/mol. The lowest BCUT2D eigenvalue weighted by atomic mass is 9.78. The minimum Gasteiger partial charge on any atom is -0.480 e. The first kappa shape index (κ1) is 31.7. The molecule has 222 valence electrons. The number of halogens is 1. The highest BCUT2D eigenvalue weighted by Gasteiger charge is 2.61. The predicted octanol–water partition coefficient (Wildman–Crippen LogP) is 6.33. The number of nitrogens with zero attached hydrogens (tertiary/aromatic N) is 2. The van der Waals surface area contributed by atoms with Crippen molar-refractivity contribution < 1.29 is 28.4 Å².